The molecular weight excluding hydrogens is 330 g/mol. The number of aromatic amines is 1. The van der Waals surface area contributed by atoms with Gasteiger partial charge in [-0.2, -0.15) is 4.98 Å². The summed E-state index contributed by atoms with van der Waals surface area (Å²) in [6.45, 7) is 5.79. The summed E-state index contributed by atoms with van der Waals surface area (Å²) in [7, 11) is 0. The second-order valence-electron chi connectivity index (χ2n) is 6.87. The van der Waals surface area contributed by atoms with Crippen LogP contribution in [0.3, 0.4) is 0 Å². The zero-order valence-corrected chi connectivity index (χ0v) is 15.4. The van der Waals surface area contributed by atoms with E-state index in [-0.39, 0.29) is 24.4 Å². The second-order valence-corrected chi connectivity index (χ2v) is 6.87. The molecule has 7 nitrogen and oxygen atoms in total. The van der Waals surface area contributed by atoms with Gasteiger partial charge in [-0.1, -0.05) is 32.0 Å². The van der Waals surface area contributed by atoms with Gasteiger partial charge in [-0.25, -0.2) is 0 Å². The fraction of sp³-hybridized carbons (Fsp3) is 0.526. The summed E-state index contributed by atoms with van der Waals surface area (Å²) in [5.41, 5.74) is 6.72. The topological polar surface area (TPSA) is 97.1 Å². The van der Waals surface area contributed by atoms with E-state index >= 15 is 0 Å². The van der Waals surface area contributed by atoms with Crippen molar-refractivity contribution in [1.82, 2.24) is 20.1 Å². The van der Waals surface area contributed by atoms with Gasteiger partial charge < -0.3 is 15.4 Å². The molecule has 1 unspecified atom stereocenters. The number of ether oxygens (including phenoxy) is 1. The summed E-state index contributed by atoms with van der Waals surface area (Å²) in [4.78, 5) is 18.6. The molecule has 7 heteroatoms. The molecule has 3 rings (SSSR count). The maximum atomic E-state index is 12.5. The Morgan fingerprint density at radius 3 is 2.77 bits per heavy atom. The average molecular weight is 357 g/mol. The zero-order valence-electron chi connectivity index (χ0n) is 15.4. The Hall–Kier alpha value is -2.57. The van der Waals surface area contributed by atoms with E-state index in [1.165, 1.54) is 0 Å². The third kappa shape index (κ3) is 4.15. The Morgan fingerprint density at radius 2 is 2.12 bits per heavy atom. The monoisotopic (exact) mass is 357 g/mol. The maximum Gasteiger partial charge on any atom is 0.260 e. The molecule has 1 aliphatic rings. The summed E-state index contributed by atoms with van der Waals surface area (Å²) in [6.07, 6.45) is 2.74. The minimum Gasteiger partial charge on any atom is -0.483 e. The number of H-pyrrole nitrogens is 1. The molecule has 0 spiro atoms. The van der Waals surface area contributed by atoms with E-state index in [2.05, 4.69) is 35.1 Å². The van der Waals surface area contributed by atoms with Crippen LogP contribution in [0.4, 0.5) is 5.95 Å². The molecule has 26 heavy (non-hydrogen) atoms. The summed E-state index contributed by atoms with van der Waals surface area (Å²) in [5, 5.41) is 6.75. The van der Waals surface area contributed by atoms with Crippen molar-refractivity contribution in [2.24, 2.45) is 0 Å². The van der Waals surface area contributed by atoms with Crippen LogP contribution in [0.15, 0.2) is 24.3 Å². The van der Waals surface area contributed by atoms with Crippen LogP contribution in [-0.2, 0) is 4.79 Å². The van der Waals surface area contributed by atoms with Crippen LogP contribution in [0, 0.1) is 0 Å². The first kappa shape index (κ1) is 18.2. The van der Waals surface area contributed by atoms with Crippen LogP contribution < -0.4 is 10.5 Å². The molecule has 2 aromatic rings. The van der Waals surface area contributed by atoms with Gasteiger partial charge in [0.05, 0.1) is 0 Å². The normalized spacial score (nSPS) is 16.5. The van der Waals surface area contributed by atoms with Gasteiger partial charge in [0, 0.05) is 19.0 Å². The Labute approximate surface area is 153 Å². The van der Waals surface area contributed by atoms with Crippen molar-refractivity contribution >= 4 is 11.9 Å². The molecule has 1 aliphatic heterocycles. The third-order valence-electron chi connectivity index (χ3n) is 5.17. The average Bonchev–Trinajstić information content (AvgIpc) is 3.12. The van der Waals surface area contributed by atoms with Crippen molar-refractivity contribution in [2.75, 3.05) is 25.4 Å². The van der Waals surface area contributed by atoms with E-state index in [0.29, 0.717) is 19.0 Å². The molecule has 3 N–H and O–H groups in total. The standard InChI is InChI=1S/C19H27N5O2/c1-3-13(2)15-6-4-5-7-16(15)26-12-17(25)24-10-8-14(9-11-24)18-21-19(20)23-22-18/h4-7,13-14H,3,8-12H2,1-2H3,(H3,20,21,22,23). The lowest BCUT2D eigenvalue weighted by molar-refractivity contribution is -0.134. The van der Waals surface area contributed by atoms with Crippen molar-refractivity contribution in [2.45, 2.75) is 44.9 Å². The van der Waals surface area contributed by atoms with Gasteiger partial charge >= 0.3 is 0 Å². The number of piperidine rings is 1. The minimum absolute atomic E-state index is 0.0273. The fourth-order valence-electron chi connectivity index (χ4n) is 3.34. The van der Waals surface area contributed by atoms with E-state index in [1.54, 1.807) is 0 Å². The van der Waals surface area contributed by atoms with Gasteiger partial charge in [-0.15, -0.1) is 5.10 Å². The number of amides is 1. The van der Waals surface area contributed by atoms with E-state index in [0.717, 1.165) is 36.4 Å². The molecule has 1 fully saturated rings. The Morgan fingerprint density at radius 1 is 1.38 bits per heavy atom. The van der Waals surface area contributed by atoms with Crippen molar-refractivity contribution < 1.29 is 9.53 Å². The highest BCUT2D eigenvalue weighted by molar-refractivity contribution is 5.78. The lowest BCUT2D eigenvalue weighted by atomic mass is 9.96. The molecule has 1 aromatic carbocycles. The summed E-state index contributed by atoms with van der Waals surface area (Å²) in [5.74, 6) is 2.60. The summed E-state index contributed by atoms with van der Waals surface area (Å²) < 4.78 is 5.85. The number of anilines is 1. The van der Waals surface area contributed by atoms with Crippen molar-refractivity contribution in [1.29, 1.82) is 0 Å². The van der Waals surface area contributed by atoms with Crippen molar-refractivity contribution in [3.8, 4) is 5.75 Å². The minimum atomic E-state index is 0.0273. The fourth-order valence-corrected chi connectivity index (χ4v) is 3.34. The number of nitrogens with one attached hydrogen (secondary N) is 1. The lowest BCUT2D eigenvalue weighted by Gasteiger charge is -2.31. The Kier molecular flexibility index (Phi) is 5.75. The van der Waals surface area contributed by atoms with Crippen LogP contribution >= 0.6 is 0 Å². The Bertz CT molecular complexity index is 737. The van der Waals surface area contributed by atoms with Gasteiger partial charge in [-0.05, 0) is 36.8 Å². The van der Waals surface area contributed by atoms with Gasteiger partial charge in [0.2, 0.25) is 5.95 Å². The van der Waals surface area contributed by atoms with Gasteiger partial charge in [0.25, 0.3) is 5.91 Å². The van der Waals surface area contributed by atoms with Crippen LogP contribution in [0.1, 0.15) is 56.3 Å². The number of benzene rings is 1. The predicted octanol–water partition coefficient (Wildman–Crippen LogP) is 2.69. The van der Waals surface area contributed by atoms with Crippen LogP contribution in [0.25, 0.3) is 0 Å². The van der Waals surface area contributed by atoms with Gasteiger partial charge in [-0.3, -0.25) is 9.89 Å². The highest BCUT2D eigenvalue weighted by Crippen LogP contribution is 2.29. The van der Waals surface area contributed by atoms with Crippen LogP contribution in [-0.4, -0.2) is 45.7 Å². The molecule has 0 aliphatic carbocycles. The molecule has 0 saturated carbocycles. The summed E-state index contributed by atoms with van der Waals surface area (Å²) >= 11 is 0. The predicted molar refractivity (Wildman–Crippen MR) is 100.0 cm³/mol. The molecule has 140 valence electrons. The van der Waals surface area contributed by atoms with Crippen molar-refractivity contribution in [3.63, 3.8) is 0 Å². The summed E-state index contributed by atoms with van der Waals surface area (Å²) in [6, 6.07) is 7.97. The van der Waals surface area contributed by atoms with Crippen LogP contribution in [0.2, 0.25) is 0 Å². The molecule has 0 radical (unpaired) electrons. The quantitative estimate of drug-likeness (QED) is 0.828. The smallest absolute Gasteiger partial charge is 0.260 e. The van der Waals surface area contributed by atoms with E-state index in [9.17, 15) is 4.79 Å². The highest BCUT2D eigenvalue weighted by Gasteiger charge is 2.26. The lowest BCUT2D eigenvalue weighted by Crippen LogP contribution is -2.40. The van der Waals surface area contributed by atoms with E-state index in [1.807, 2.05) is 23.1 Å². The highest BCUT2D eigenvalue weighted by atomic mass is 16.5. The molecule has 0 bridgehead atoms. The molecule has 1 amide bonds. The first-order chi connectivity index (χ1) is 12.6. The first-order valence-corrected chi connectivity index (χ1v) is 9.25. The first-order valence-electron chi connectivity index (χ1n) is 9.25. The molecule has 2 heterocycles. The van der Waals surface area contributed by atoms with E-state index in [4.69, 9.17) is 10.5 Å². The number of rotatable bonds is 6. The zero-order chi connectivity index (χ0) is 18.5. The number of likely N-dealkylation sites (tertiary alicyclic amines) is 1. The molecule has 1 aromatic heterocycles. The molecular formula is C19H27N5O2. The van der Waals surface area contributed by atoms with Crippen LogP contribution in [0.5, 0.6) is 5.75 Å². The molecule has 1 saturated heterocycles. The largest absolute Gasteiger partial charge is 0.483 e. The van der Waals surface area contributed by atoms with Crippen molar-refractivity contribution in [3.05, 3.63) is 35.7 Å². The van der Waals surface area contributed by atoms with E-state index < -0.39 is 0 Å². The number of aromatic nitrogens is 3. The SMILES string of the molecule is CCC(C)c1ccccc1OCC(=O)N1CCC(c2nc(N)n[nH]2)CC1. The maximum absolute atomic E-state index is 12.5. The number of hydrogen-bond donors (Lipinski definition) is 2. The number of carbonyl (C=O) groups is 1. The number of nitrogens with zero attached hydrogens (tertiary/aromatic N) is 3. The van der Waals surface area contributed by atoms with Gasteiger partial charge in [0.1, 0.15) is 11.6 Å². The number of para-hydroxylation sites is 1. The number of nitrogen functional groups attached to an aromatic ring is 1. The van der Waals surface area contributed by atoms with Gasteiger partial charge in [0.15, 0.2) is 6.61 Å². The third-order valence-corrected chi connectivity index (χ3v) is 5.17. The number of carbonyl (C=O) groups excluding carboxylic acids is 1. The number of nitrogens with two attached hydrogens (primary N) is 1. The second kappa shape index (κ2) is 8.21. The Balaban J connectivity index is 1.52. The molecule has 1 atom stereocenters. The number of hydrogen-bond acceptors (Lipinski definition) is 5.